The fraction of sp³-hybridized carbons (Fsp3) is 0.238. The topological polar surface area (TPSA) is 69.6 Å². The molecule has 1 N–H and O–H groups in total. The van der Waals surface area contributed by atoms with Crippen molar-refractivity contribution in [2.45, 2.75) is 19.1 Å². The highest BCUT2D eigenvalue weighted by atomic mass is 16.6. The van der Waals surface area contributed by atoms with E-state index in [1.165, 1.54) is 7.11 Å². The molecule has 27 heavy (non-hydrogen) atoms. The maximum Gasteiger partial charge on any atom is 0.408 e. The second-order valence-corrected chi connectivity index (χ2v) is 6.27. The number of para-hydroxylation sites is 1. The first-order valence-corrected chi connectivity index (χ1v) is 8.66. The lowest BCUT2D eigenvalue weighted by Gasteiger charge is -2.16. The normalized spacial score (nSPS) is 11.8. The van der Waals surface area contributed by atoms with Crippen molar-refractivity contribution in [3.8, 4) is 0 Å². The number of carbonyl (C=O) groups excluding carboxylic acids is 2. The number of amides is 1. The van der Waals surface area contributed by atoms with E-state index in [1.807, 2.05) is 72.4 Å². The van der Waals surface area contributed by atoms with Gasteiger partial charge < -0.3 is 19.4 Å². The molecule has 140 valence electrons. The SMILES string of the molecule is COC(=O)C(Cc1cn(C)c2ccccc12)NC(=O)OCc1ccccc1. The van der Waals surface area contributed by atoms with Crippen molar-refractivity contribution in [3.05, 3.63) is 71.9 Å². The first kappa shape index (κ1) is 18.5. The van der Waals surface area contributed by atoms with Crippen LogP contribution in [0.4, 0.5) is 4.79 Å². The van der Waals surface area contributed by atoms with Crippen LogP contribution in [0.2, 0.25) is 0 Å². The highest BCUT2D eigenvalue weighted by molar-refractivity contribution is 5.86. The van der Waals surface area contributed by atoms with Gasteiger partial charge in [-0.15, -0.1) is 0 Å². The molecule has 6 heteroatoms. The van der Waals surface area contributed by atoms with Crippen LogP contribution in [0.25, 0.3) is 10.9 Å². The van der Waals surface area contributed by atoms with E-state index >= 15 is 0 Å². The van der Waals surface area contributed by atoms with Crippen LogP contribution in [0.15, 0.2) is 60.8 Å². The molecule has 0 saturated heterocycles. The molecule has 0 bridgehead atoms. The zero-order valence-corrected chi connectivity index (χ0v) is 15.3. The number of alkyl carbamates (subject to hydrolysis) is 1. The average molecular weight is 366 g/mol. The van der Waals surface area contributed by atoms with Gasteiger partial charge in [0.15, 0.2) is 0 Å². The third-order valence-electron chi connectivity index (χ3n) is 4.39. The monoisotopic (exact) mass is 366 g/mol. The molecule has 0 aliphatic heterocycles. The number of methoxy groups -OCH3 is 1. The molecule has 0 radical (unpaired) electrons. The highest BCUT2D eigenvalue weighted by Crippen LogP contribution is 2.21. The summed E-state index contributed by atoms with van der Waals surface area (Å²) in [6, 6.07) is 16.4. The van der Waals surface area contributed by atoms with Crippen molar-refractivity contribution in [3.63, 3.8) is 0 Å². The average Bonchev–Trinajstić information content (AvgIpc) is 3.02. The van der Waals surface area contributed by atoms with Gasteiger partial charge in [0.1, 0.15) is 12.6 Å². The second kappa shape index (κ2) is 8.40. The summed E-state index contributed by atoms with van der Waals surface area (Å²) in [5.41, 5.74) is 2.88. The number of aromatic nitrogens is 1. The number of nitrogens with one attached hydrogen (secondary N) is 1. The number of benzene rings is 2. The van der Waals surface area contributed by atoms with Crippen molar-refractivity contribution in [2.24, 2.45) is 7.05 Å². The van der Waals surface area contributed by atoms with Gasteiger partial charge in [-0.1, -0.05) is 48.5 Å². The van der Waals surface area contributed by atoms with Crippen molar-refractivity contribution in [1.29, 1.82) is 0 Å². The summed E-state index contributed by atoms with van der Waals surface area (Å²) in [7, 11) is 3.25. The molecule has 0 spiro atoms. The maximum atomic E-state index is 12.2. The Bertz CT molecular complexity index is 934. The molecule has 0 aliphatic rings. The summed E-state index contributed by atoms with van der Waals surface area (Å²) in [5, 5.41) is 3.65. The molecule has 1 heterocycles. The molecule has 2 aromatic carbocycles. The van der Waals surface area contributed by atoms with Crippen molar-refractivity contribution >= 4 is 23.0 Å². The molecule has 1 atom stereocenters. The number of fused-ring (bicyclic) bond motifs is 1. The van der Waals surface area contributed by atoms with E-state index in [-0.39, 0.29) is 6.61 Å². The predicted octanol–water partition coefficient (Wildman–Crippen LogP) is 3.19. The minimum atomic E-state index is -0.830. The first-order valence-electron chi connectivity index (χ1n) is 8.66. The van der Waals surface area contributed by atoms with Crippen LogP contribution in [0, 0.1) is 0 Å². The van der Waals surface area contributed by atoms with E-state index in [1.54, 1.807) is 0 Å². The lowest BCUT2D eigenvalue weighted by molar-refractivity contribution is -0.142. The Morgan fingerprint density at radius 3 is 2.52 bits per heavy atom. The molecule has 6 nitrogen and oxygen atoms in total. The van der Waals surface area contributed by atoms with E-state index in [0.29, 0.717) is 6.42 Å². The molecular weight excluding hydrogens is 344 g/mol. The summed E-state index contributed by atoms with van der Waals surface area (Å²) < 4.78 is 12.1. The van der Waals surface area contributed by atoms with Gasteiger partial charge in [0, 0.05) is 30.6 Å². The van der Waals surface area contributed by atoms with Crippen LogP contribution in [0.1, 0.15) is 11.1 Å². The van der Waals surface area contributed by atoms with E-state index in [0.717, 1.165) is 22.0 Å². The Kier molecular flexibility index (Phi) is 5.76. The quantitative estimate of drug-likeness (QED) is 0.680. The minimum Gasteiger partial charge on any atom is -0.467 e. The fourth-order valence-electron chi connectivity index (χ4n) is 3.05. The third-order valence-corrected chi connectivity index (χ3v) is 4.39. The van der Waals surface area contributed by atoms with Gasteiger partial charge in [-0.3, -0.25) is 0 Å². The molecular formula is C21H22N2O4. The van der Waals surface area contributed by atoms with Crippen molar-refractivity contribution in [1.82, 2.24) is 9.88 Å². The molecule has 1 amide bonds. The summed E-state index contributed by atoms with van der Waals surface area (Å²) >= 11 is 0. The fourth-order valence-corrected chi connectivity index (χ4v) is 3.05. The van der Waals surface area contributed by atoms with Gasteiger partial charge in [-0.05, 0) is 17.2 Å². The zero-order chi connectivity index (χ0) is 19.2. The second-order valence-electron chi connectivity index (χ2n) is 6.27. The number of nitrogens with zero attached hydrogens (tertiary/aromatic N) is 1. The lowest BCUT2D eigenvalue weighted by atomic mass is 10.1. The minimum absolute atomic E-state index is 0.134. The Labute approximate surface area is 157 Å². The predicted molar refractivity (Wildman–Crippen MR) is 102 cm³/mol. The smallest absolute Gasteiger partial charge is 0.408 e. The molecule has 1 unspecified atom stereocenters. The Hall–Kier alpha value is -3.28. The summed E-state index contributed by atoms with van der Waals surface area (Å²) in [6.07, 6.45) is 1.61. The number of hydrogen-bond donors (Lipinski definition) is 1. The van der Waals surface area contributed by atoms with Gasteiger partial charge in [-0.2, -0.15) is 0 Å². The van der Waals surface area contributed by atoms with Crippen LogP contribution >= 0.6 is 0 Å². The number of rotatable bonds is 6. The Morgan fingerprint density at radius 1 is 1.07 bits per heavy atom. The molecule has 0 fully saturated rings. The van der Waals surface area contributed by atoms with Gasteiger partial charge in [0.25, 0.3) is 0 Å². The first-order chi connectivity index (χ1) is 13.1. The van der Waals surface area contributed by atoms with Gasteiger partial charge in [0.2, 0.25) is 0 Å². The summed E-state index contributed by atoms with van der Waals surface area (Å²) in [6.45, 7) is 0.134. The Morgan fingerprint density at radius 2 is 1.78 bits per heavy atom. The molecule has 3 aromatic rings. The van der Waals surface area contributed by atoms with E-state index in [2.05, 4.69) is 5.32 Å². The number of ether oxygens (including phenoxy) is 2. The molecule has 3 rings (SSSR count). The number of carbonyl (C=O) groups is 2. The van der Waals surface area contributed by atoms with Crippen LogP contribution < -0.4 is 5.32 Å². The van der Waals surface area contributed by atoms with Crippen LogP contribution in [0.5, 0.6) is 0 Å². The van der Waals surface area contributed by atoms with Crippen molar-refractivity contribution < 1.29 is 19.1 Å². The van der Waals surface area contributed by atoms with E-state index in [9.17, 15) is 9.59 Å². The molecule has 1 aromatic heterocycles. The summed E-state index contributed by atoms with van der Waals surface area (Å²) in [5.74, 6) is -0.514. The number of aryl methyl sites for hydroxylation is 1. The number of hydrogen-bond acceptors (Lipinski definition) is 4. The van der Waals surface area contributed by atoms with E-state index < -0.39 is 18.1 Å². The summed E-state index contributed by atoms with van der Waals surface area (Å²) in [4.78, 5) is 24.3. The highest BCUT2D eigenvalue weighted by Gasteiger charge is 2.24. The third kappa shape index (κ3) is 4.47. The van der Waals surface area contributed by atoms with E-state index in [4.69, 9.17) is 9.47 Å². The van der Waals surface area contributed by atoms with Gasteiger partial charge >= 0.3 is 12.1 Å². The van der Waals surface area contributed by atoms with Crippen LogP contribution in [-0.4, -0.2) is 29.8 Å². The van der Waals surface area contributed by atoms with Crippen molar-refractivity contribution in [2.75, 3.05) is 7.11 Å². The Balaban J connectivity index is 1.70. The van der Waals surface area contributed by atoms with Gasteiger partial charge in [-0.25, -0.2) is 9.59 Å². The molecule has 0 aliphatic carbocycles. The van der Waals surface area contributed by atoms with Gasteiger partial charge in [0.05, 0.1) is 7.11 Å². The molecule has 0 saturated carbocycles. The van der Waals surface area contributed by atoms with Crippen LogP contribution in [0.3, 0.4) is 0 Å². The maximum absolute atomic E-state index is 12.2. The lowest BCUT2D eigenvalue weighted by Crippen LogP contribution is -2.43. The standard InChI is InChI=1S/C21H22N2O4/c1-23-13-16(17-10-6-7-11-19(17)23)12-18(20(24)26-2)22-21(25)27-14-15-8-4-3-5-9-15/h3-11,13,18H,12,14H2,1-2H3,(H,22,25). The zero-order valence-electron chi connectivity index (χ0n) is 15.3. The largest absolute Gasteiger partial charge is 0.467 e. The van der Waals surface area contributed by atoms with Crippen LogP contribution in [-0.2, 0) is 34.3 Å². The number of esters is 1.